The number of anilines is 1. The van der Waals surface area contributed by atoms with Crippen molar-refractivity contribution in [2.24, 2.45) is 0 Å². The third-order valence-electron chi connectivity index (χ3n) is 4.31. The summed E-state index contributed by atoms with van der Waals surface area (Å²) in [5.41, 5.74) is 1.89. The first-order valence-electron chi connectivity index (χ1n) is 9.26. The molecule has 30 heavy (non-hydrogen) atoms. The molecule has 0 fully saturated rings. The first-order chi connectivity index (χ1) is 14.4. The molecular weight excluding hydrogens is 390 g/mol. The summed E-state index contributed by atoms with van der Waals surface area (Å²) < 4.78 is 31.6. The number of carbonyl (C=O) groups is 2. The van der Waals surface area contributed by atoms with E-state index in [9.17, 15) is 18.4 Å². The van der Waals surface area contributed by atoms with Crippen LogP contribution in [-0.2, 0) is 4.79 Å². The lowest BCUT2D eigenvalue weighted by Crippen LogP contribution is -2.31. The van der Waals surface area contributed by atoms with Gasteiger partial charge in [0.05, 0.1) is 6.04 Å². The number of rotatable bonds is 7. The Kier molecular flexibility index (Phi) is 6.75. The number of carbonyl (C=O) groups excluding carboxylic acids is 2. The molecular formula is C23H20F2N2O3. The summed E-state index contributed by atoms with van der Waals surface area (Å²) in [4.78, 5) is 24.4. The average Bonchev–Trinajstić information content (AvgIpc) is 2.74. The largest absolute Gasteiger partial charge is 0.481 e. The van der Waals surface area contributed by atoms with E-state index in [1.165, 1.54) is 0 Å². The van der Waals surface area contributed by atoms with Crippen molar-refractivity contribution in [2.45, 2.75) is 13.0 Å². The second-order valence-corrected chi connectivity index (χ2v) is 6.60. The summed E-state index contributed by atoms with van der Waals surface area (Å²) in [6.07, 6.45) is 0. The monoisotopic (exact) mass is 410 g/mol. The van der Waals surface area contributed by atoms with E-state index in [1.54, 1.807) is 49.4 Å². The maximum absolute atomic E-state index is 13.6. The summed E-state index contributed by atoms with van der Waals surface area (Å²) in [6.45, 7) is 1.35. The van der Waals surface area contributed by atoms with Gasteiger partial charge in [-0.1, -0.05) is 30.3 Å². The van der Waals surface area contributed by atoms with Gasteiger partial charge in [-0.05, 0) is 48.9 Å². The zero-order valence-corrected chi connectivity index (χ0v) is 16.2. The van der Waals surface area contributed by atoms with Crippen molar-refractivity contribution >= 4 is 17.5 Å². The van der Waals surface area contributed by atoms with Crippen molar-refractivity contribution in [2.75, 3.05) is 11.9 Å². The smallest absolute Gasteiger partial charge is 0.258 e. The Morgan fingerprint density at radius 3 is 2.47 bits per heavy atom. The molecule has 5 nitrogen and oxygen atoms in total. The van der Waals surface area contributed by atoms with Gasteiger partial charge in [-0.25, -0.2) is 8.78 Å². The van der Waals surface area contributed by atoms with Crippen LogP contribution in [0.25, 0.3) is 0 Å². The van der Waals surface area contributed by atoms with Crippen LogP contribution >= 0.6 is 0 Å². The normalized spacial score (nSPS) is 11.4. The third-order valence-corrected chi connectivity index (χ3v) is 4.31. The van der Waals surface area contributed by atoms with Gasteiger partial charge in [0.25, 0.3) is 11.8 Å². The molecule has 0 saturated heterocycles. The molecule has 0 aliphatic carbocycles. The molecule has 7 heteroatoms. The molecule has 0 heterocycles. The van der Waals surface area contributed by atoms with Gasteiger partial charge in [0.15, 0.2) is 18.2 Å². The maximum Gasteiger partial charge on any atom is 0.258 e. The van der Waals surface area contributed by atoms with Gasteiger partial charge in [-0.3, -0.25) is 9.59 Å². The molecule has 0 bridgehead atoms. The van der Waals surface area contributed by atoms with Crippen LogP contribution in [0.15, 0.2) is 72.8 Å². The molecule has 3 rings (SSSR count). The molecule has 0 saturated carbocycles. The zero-order chi connectivity index (χ0) is 21.5. The summed E-state index contributed by atoms with van der Waals surface area (Å²) >= 11 is 0. The minimum Gasteiger partial charge on any atom is -0.481 e. The molecule has 0 unspecified atom stereocenters. The van der Waals surface area contributed by atoms with Gasteiger partial charge >= 0.3 is 0 Å². The Hall–Kier alpha value is -3.74. The number of ether oxygens (including phenoxy) is 1. The van der Waals surface area contributed by atoms with Crippen LogP contribution < -0.4 is 15.4 Å². The number of amides is 2. The van der Waals surface area contributed by atoms with Gasteiger partial charge in [0.2, 0.25) is 0 Å². The van der Waals surface area contributed by atoms with Crippen molar-refractivity contribution in [3.63, 3.8) is 0 Å². The highest BCUT2D eigenvalue weighted by Gasteiger charge is 2.13. The Morgan fingerprint density at radius 1 is 0.967 bits per heavy atom. The quantitative estimate of drug-likeness (QED) is 0.604. The van der Waals surface area contributed by atoms with Crippen molar-refractivity contribution in [1.82, 2.24) is 5.32 Å². The average molecular weight is 410 g/mol. The molecule has 0 radical (unpaired) electrons. The SMILES string of the molecule is C[C@@H](NC(=O)COc1ccc(F)cc1F)c1cccc(NC(=O)c2ccccc2)c1. The van der Waals surface area contributed by atoms with Crippen LogP contribution in [0.4, 0.5) is 14.5 Å². The second-order valence-electron chi connectivity index (χ2n) is 6.60. The summed E-state index contributed by atoms with van der Waals surface area (Å²) in [6, 6.07) is 18.4. The van der Waals surface area contributed by atoms with E-state index >= 15 is 0 Å². The number of hydrogen-bond donors (Lipinski definition) is 2. The Balaban J connectivity index is 1.57. The molecule has 0 spiro atoms. The highest BCUT2D eigenvalue weighted by Crippen LogP contribution is 2.19. The van der Waals surface area contributed by atoms with Crippen molar-refractivity contribution < 1.29 is 23.1 Å². The van der Waals surface area contributed by atoms with Crippen LogP contribution in [0.3, 0.4) is 0 Å². The summed E-state index contributed by atoms with van der Waals surface area (Å²) in [5, 5.41) is 5.55. The van der Waals surface area contributed by atoms with Crippen LogP contribution in [0.2, 0.25) is 0 Å². The highest BCUT2D eigenvalue weighted by molar-refractivity contribution is 6.04. The minimum absolute atomic E-state index is 0.204. The molecule has 3 aromatic carbocycles. The van der Waals surface area contributed by atoms with E-state index in [0.717, 1.165) is 17.7 Å². The van der Waals surface area contributed by atoms with Crippen LogP contribution in [-0.4, -0.2) is 18.4 Å². The second kappa shape index (κ2) is 9.65. The minimum atomic E-state index is -0.877. The third kappa shape index (κ3) is 5.64. The Morgan fingerprint density at radius 2 is 1.73 bits per heavy atom. The molecule has 154 valence electrons. The predicted octanol–water partition coefficient (Wildman–Crippen LogP) is 4.47. The van der Waals surface area contributed by atoms with E-state index in [0.29, 0.717) is 17.3 Å². The van der Waals surface area contributed by atoms with E-state index in [-0.39, 0.29) is 17.7 Å². The van der Waals surface area contributed by atoms with Crippen LogP contribution in [0, 0.1) is 11.6 Å². The molecule has 0 aliphatic heterocycles. The Labute approximate surface area is 172 Å². The fourth-order valence-corrected chi connectivity index (χ4v) is 2.78. The summed E-state index contributed by atoms with van der Waals surface area (Å²) in [7, 11) is 0. The van der Waals surface area contributed by atoms with Crippen LogP contribution in [0.5, 0.6) is 5.75 Å². The predicted molar refractivity (Wildman–Crippen MR) is 109 cm³/mol. The number of benzene rings is 3. The van der Waals surface area contributed by atoms with Gasteiger partial charge < -0.3 is 15.4 Å². The number of nitrogens with one attached hydrogen (secondary N) is 2. The molecule has 0 aliphatic rings. The van der Waals surface area contributed by atoms with Crippen molar-refractivity contribution in [3.05, 3.63) is 95.6 Å². The lowest BCUT2D eigenvalue weighted by atomic mass is 10.1. The molecule has 1 atom stereocenters. The van der Waals surface area contributed by atoms with Gasteiger partial charge in [0, 0.05) is 17.3 Å². The van der Waals surface area contributed by atoms with Crippen LogP contribution in [0.1, 0.15) is 28.9 Å². The fourth-order valence-electron chi connectivity index (χ4n) is 2.78. The van der Waals surface area contributed by atoms with E-state index < -0.39 is 24.1 Å². The number of hydrogen-bond acceptors (Lipinski definition) is 3. The molecule has 0 aromatic heterocycles. The lowest BCUT2D eigenvalue weighted by molar-refractivity contribution is -0.123. The molecule has 2 amide bonds. The number of halogens is 2. The fraction of sp³-hybridized carbons (Fsp3) is 0.130. The van der Waals surface area contributed by atoms with Crippen molar-refractivity contribution in [3.8, 4) is 5.75 Å². The standard InChI is InChI=1S/C23H20F2N2O3/c1-15(26-22(28)14-30-21-11-10-18(24)13-20(21)25)17-8-5-9-19(12-17)27-23(29)16-6-3-2-4-7-16/h2-13,15H,14H2,1H3,(H,26,28)(H,27,29)/t15-/m1/s1. The first-order valence-corrected chi connectivity index (χ1v) is 9.26. The maximum atomic E-state index is 13.6. The molecule has 2 N–H and O–H groups in total. The topological polar surface area (TPSA) is 67.4 Å². The van der Waals surface area contributed by atoms with E-state index in [4.69, 9.17) is 4.74 Å². The summed E-state index contributed by atoms with van der Waals surface area (Å²) in [5.74, 6) is -2.51. The highest BCUT2D eigenvalue weighted by atomic mass is 19.1. The van der Waals surface area contributed by atoms with Gasteiger partial charge in [-0.15, -0.1) is 0 Å². The Bertz CT molecular complexity index is 1040. The van der Waals surface area contributed by atoms with E-state index in [2.05, 4.69) is 10.6 Å². The van der Waals surface area contributed by atoms with Gasteiger partial charge in [-0.2, -0.15) is 0 Å². The lowest BCUT2D eigenvalue weighted by Gasteiger charge is -2.16. The van der Waals surface area contributed by atoms with E-state index in [1.807, 2.05) is 12.1 Å². The van der Waals surface area contributed by atoms with Gasteiger partial charge in [0.1, 0.15) is 5.82 Å². The molecule has 3 aromatic rings. The van der Waals surface area contributed by atoms with Crippen molar-refractivity contribution in [1.29, 1.82) is 0 Å². The first kappa shape index (κ1) is 21.0. The zero-order valence-electron chi connectivity index (χ0n) is 16.2.